The normalized spacial score (nSPS) is 50.7. The summed E-state index contributed by atoms with van der Waals surface area (Å²) in [7, 11) is 0. The maximum Gasteiger partial charge on any atom is 0.150 e. The lowest BCUT2D eigenvalue weighted by atomic mass is 9.60. The Labute approximate surface area is 103 Å². The maximum atomic E-state index is 13.0. The number of carbonyl (C=O) groups is 1. The van der Waals surface area contributed by atoms with E-state index in [0.29, 0.717) is 11.7 Å². The standard InChI is InChI=1S/C15H22O2/c1-5-14-8-10(2)9-15(14)7-6-11(17-15)13(3,4)12(14)16/h6-7,10-11H,5,8-9H2,1-4H3/t10-,11+,14+,15+/m1/s1. The highest BCUT2D eigenvalue weighted by Crippen LogP contribution is 2.63. The molecule has 0 aromatic carbocycles. The molecule has 1 saturated carbocycles. The summed E-state index contributed by atoms with van der Waals surface area (Å²) in [4.78, 5) is 13.0. The van der Waals surface area contributed by atoms with E-state index in [-0.39, 0.29) is 22.5 Å². The van der Waals surface area contributed by atoms with E-state index in [1.165, 1.54) is 0 Å². The smallest absolute Gasteiger partial charge is 0.150 e. The SMILES string of the molecule is CC[C@@]12C[C@@H](C)C[C@@]13C=C[C@H](O3)C(C)(C)C2=O. The molecule has 3 rings (SSSR count). The summed E-state index contributed by atoms with van der Waals surface area (Å²) in [6.07, 6.45) is 7.22. The number of Topliss-reactive ketones (excluding diaryl/α,β-unsaturated/α-hetero) is 1. The lowest BCUT2D eigenvalue weighted by Crippen LogP contribution is -2.60. The number of ketones is 1. The van der Waals surface area contributed by atoms with Crippen LogP contribution < -0.4 is 0 Å². The Bertz CT molecular complexity index is 409. The van der Waals surface area contributed by atoms with E-state index in [4.69, 9.17) is 4.74 Å². The van der Waals surface area contributed by atoms with Crippen LogP contribution in [-0.2, 0) is 9.53 Å². The van der Waals surface area contributed by atoms with E-state index < -0.39 is 0 Å². The van der Waals surface area contributed by atoms with Crippen molar-refractivity contribution < 1.29 is 9.53 Å². The number of fused-ring (bicyclic) bond motifs is 1. The molecule has 1 spiro atoms. The molecule has 0 N–H and O–H groups in total. The summed E-state index contributed by atoms with van der Waals surface area (Å²) in [5, 5.41) is 0. The molecule has 0 amide bonds. The van der Waals surface area contributed by atoms with Gasteiger partial charge in [0.25, 0.3) is 0 Å². The highest BCUT2D eigenvalue weighted by atomic mass is 16.5. The van der Waals surface area contributed by atoms with E-state index in [1.807, 2.05) is 13.8 Å². The molecule has 2 fully saturated rings. The van der Waals surface area contributed by atoms with Crippen molar-refractivity contribution in [3.63, 3.8) is 0 Å². The Morgan fingerprint density at radius 1 is 1.41 bits per heavy atom. The predicted molar refractivity (Wildman–Crippen MR) is 66.7 cm³/mol. The fourth-order valence-electron chi connectivity index (χ4n) is 4.51. The molecule has 1 aliphatic carbocycles. The highest BCUT2D eigenvalue weighted by Gasteiger charge is 2.69. The quantitative estimate of drug-likeness (QED) is 0.652. The third-order valence-electron chi connectivity index (χ3n) is 5.37. The molecule has 2 heterocycles. The molecule has 0 aromatic rings. The van der Waals surface area contributed by atoms with Crippen LogP contribution in [0.2, 0.25) is 0 Å². The molecule has 0 radical (unpaired) electrons. The average molecular weight is 234 g/mol. The summed E-state index contributed by atoms with van der Waals surface area (Å²) in [6.45, 7) is 8.47. The van der Waals surface area contributed by atoms with Crippen LogP contribution in [0.5, 0.6) is 0 Å². The van der Waals surface area contributed by atoms with Gasteiger partial charge in [0.1, 0.15) is 0 Å². The first-order valence-corrected chi connectivity index (χ1v) is 6.80. The fraction of sp³-hybridized carbons (Fsp3) is 0.800. The van der Waals surface area contributed by atoms with Gasteiger partial charge < -0.3 is 4.74 Å². The molecule has 17 heavy (non-hydrogen) atoms. The van der Waals surface area contributed by atoms with Crippen LogP contribution in [0.4, 0.5) is 0 Å². The van der Waals surface area contributed by atoms with Gasteiger partial charge in [0.2, 0.25) is 0 Å². The van der Waals surface area contributed by atoms with Gasteiger partial charge in [-0.1, -0.05) is 39.8 Å². The van der Waals surface area contributed by atoms with Gasteiger partial charge in [0.15, 0.2) is 5.78 Å². The van der Waals surface area contributed by atoms with Crippen LogP contribution in [0.25, 0.3) is 0 Å². The lowest BCUT2D eigenvalue weighted by molar-refractivity contribution is -0.191. The first-order valence-electron chi connectivity index (χ1n) is 6.80. The highest BCUT2D eigenvalue weighted by molar-refractivity contribution is 5.94. The molecule has 1 saturated heterocycles. The molecule has 2 nitrogen and oxygen atoms in total. The van der Waals surface area contributed by atoms with Crippen molar-refractivity contribution in [2.75, 3.05) is 0 Å². The minimum absolute atomic E-state index is 0.0139. The van der Waals surface area contributed by atoms with Gasteiger partial charge in [0, 0.05) is 0 Å². The zero-order valence-electron chi connectivity index (χ0n) is 11.2. The zero-order chi connectivity index (χ0) is 12.5. The van der Waals surface area contributed by atoms with E-state index in [0.717, 1.165) is 19.3 Å². The first kappa shape index (κ1) is 11.5. The third kappa shape index (κ3) is 1.08. The number of carbonyl (C=O) groups excluding carboxylic acids is 1. The Morgan fingerprint density at radius 3 is 2.76 bits per heavy atom. The Kier molecular flexibility index (Phi) is 2.04. The summed E-state index contributed by atoms with van der Waals surface area (Å²) in [5.74, 6) is 1.01. The van der Waals surface area contributed by atoms with Gasteiger partial charge in [-0.15, -0.1) is 0 Å². The average Bonchev–Trinajstić information content (AvgIpc) is 2.79. The van der Waals surface area contributed by atoms with Crippen molar-refractivity contribution >= 4 is 5.78 Å². The second kappa shape index (κ2) is 3.03. The van der Waals surface area contributed by atoms with Crippen LogP contribution in [0.1, 0.15) is 47.0 Å². The summed E-state index contributed by atoms with van der Waals surface area (Å²) < 4.78 is 6.33. The largest absolute Gasteiger partial charge is 0.362 e. The molecule has 2 aliphatic heterocycles. The second-order valence-electron chi connectivity index (χ2n) is 6.79. The molecular formula is C15H22O2. The van der Waals surface area contributed by atoms with Gasteiger partial charge >= 0.3 is 0 Å². The minimum atomic E-state index is -0.365. The van der Waals surface area contributed by atoms with Gasteiger partial charge in [-0.2, -0.15) is 0 Å². The summed E-state index contributed by atoms with van der Waals surface area (Å²) in [6, 6.07) is 0. The second-order valence-corrected chi connectivity index (χ2v) is 6.79. The van der Waals surface area contributed by atoms with Crippen LogP contribution in [0, 0.1) is 16.7 Å². The molecule has 2 bridgehead atoms. The maximum absolute atomic E-state index is 13.0. The summed E-state index contributed by atoms with van der Waals surface area (Å²) >= 11 is 0. The number of hydrogen-bond donors (Lipinski definition) is 0. The van der Waals surface area contributed by atoms with Crippen molar-refractivity contribution in [1.82, 2.24) is 0 Å². The molecule has 0 aromatic heterocycles. The summed E-state index contributed by atoms with van der Waals surface area (Å²) in [5.41, 5.74) is -0.908. The van der Waals surface area contributed by atoms with Gasteiger partial charge in [-0.05, 0) is 25.2 Å². The van der Waals surface area contributed by atoms with E-state index in [9.17, 15) is 4.79 Å². The van der Waals surface area contributed by atoms with Crippen molar-refractivity contribution in [3.05, 3.63) is 12.2 Å². The Balaban J connectivity index is 2.18. The van der Waals surface area contributed by atoms with Crippen molar-refractivity contribution in [2.24, 2.45) is 16.7 Å². The van der Waals surface area contributed by atoms with Crippen molar-refractivity contribution in [1.29, 1.82) is 0 Å². The zero-order valence-corrected chi connectivity index (χ0v) is 11.2. The van der Waals surface area contributed by atoms with Crippen LogP contribution in [0.3, 0.4) is 0 Å². The molecule has 2 heteroatoms. The number of rotatable bonds is 1. The lowest BCUT2D eigenvalue weighted by Gasteiger charge is -2.51. The fourth-order valence-corrected chi connectivity index (χ4v) is 4.51. The monoisotopic (exact) mass is 234 g/mol. The van der Waals surface area contributed by atoms with Gasteiger partial charge in [-0.3, -0.25) is 4.79 Å². The molecule has 94 valence electrons. The van der Waals surface area contributed by atoms with Gasteiger partial charge in [0.05, 0.1) is 22.5 Å². The van der Waals surface area contributed by atoms with Crippen LogP contribution in [-0.4, -0.2) is 17.5 Å². The Morgan fingerprint density at radius 2 is 2.12 bits per heavy atom. The molecule has 0 unspecified atom stereocenters. The number of ether oxygens (including phenoxy) is 1. The minimum Gasteiger partial charge on any atom is -0.362 e. The molecule has 4 atom stereocenters. The molecular weight excluding hydrogens is 212 g/mol. The van der Waals surface area contributed by atoms with Gasteiger partial charge in [-0.25, -0.2) is 0 Å². The third-order valence-corrected chi connectivity index (χ3v) is 5.37. The van der Waals surface area contributed by atoms with Crippen LogP contribution in [0.15, 0.2) is 12.2 Å². The topological polar surface area (TPSA) is 26.3 Å². The van der Waals surface area contributed by atoms with Crippen molar-refractivity contribution in [2.45, 2.75) is 58.7 Å². The van der Waals surface area contributed by atoms with E-state index in [1.54, 1.807) is 0 Å². The van der Waals surface area contributed by atoms with Crippen LogP contribution >= 0.6 is 0 Å². The number of hydrogen-bond acceptors (Lipinski definition) is 2. The predicted octanol–water partition coefficient (Wildman–Crippen LogP) is 3.12. The molecule has 3 aliphatic rings. The first-order chi connectivity index (χ1) is 7.88. The Hall–Kier alpha value is -0.630. The van der Waals surface area contributed by atoms with E-state index >= 15 is 0 Å². The van der Waals surface area contributed by atoms with Crippen molar-refractivity contribution in [3.8, 4) is 0 Å². The van der Waals surface area contributed by atoms with E-state index in [2.05, 4.69) is 26.0 Å².